The topological polar surface area (TPSA) is 45.2 Å². The summed E-state index contributed by atoms with van der Waals surface area (Å²) in [5, 5.41) is 3.64. The van der Waals surface area contributed by atoms with Gasteiger partial charge in [-0.05, 0) is 26.0 Å². The van der Waals surface area contributed by atoms with Crippen LogP contribution in [0.3, 0.4) is 0 Å². The lowest BCUT2D eigenvalue weighted by molar-refractivity contribution is 0.0699. The normalized spacial score (nSPS) is 23.2. The van der Waals surface area contributed by atoms with Crippen molar-refractivity contribution in [2.45, 2.75) is 32.1 Å². The zero-order chi connectivity index (χ0) is 13.8. The second-order valence-corrected chi connectivity index (χ2v) is 6.23. The van der Waals surface area contributed by atoms with E-state index in [1.54, 1.807) is 6.20 Å². The van der Waals surface area contributed by atoms with Gasteiger partial charge in [0.05, 0.1) is 5.56 Å². The summed E-state index contributed by atoms with van der Waals surface area (Å²) in [5.41, 5.74) is 0.676. The van der Waals surface area contributed by atoms with Crippen LogP contribution >= 0.6 is 11.8 Å². The van der Waals surface area contributed by atoms with Crippen LogP contribution in [0.5, 0.6) is 0 Å². The van der Waals surface area contributed by atoms with Crippen molar-refractivity contribution in [3.8, 4) is 0 Å². The minimum atomic E-state index is 0.0868. The van der Waals surface area contributed by atoms with E-state index < -0.39 is 0 Å². The molecule has 1 N–H and O–H groups in total. The Morgan fingerprint density at radius 3 is 3.11 bits per heavy atom. The summed E-state index contributed by atoms with van der Waals surface area (Å²) >= 11 is 1.93. The standard InChI is InChI=1S/C14H21N3OS/c1-4-15-13-12(6-5-7-16-13)14(18)17-8-9-19-11(3)10(17)2/h5-7,10-11H,4,8-9H2,1-3H3,(H,15,16). The van der Waals surface area contributed by atoms with E-state index in [-0.39, 0.29) is 11.9 Å². The Morgan fingerprint density at radius 1 is 1.58 bits per heavy atom. The third-order valence-electron chi connectivity index (χ3n) is 3.53. The molecule has 1 aliphatic rings. The Hall–Kier alpha value is -1.23. The molecular weight excluding hydrogens is 258 g/mol. The highest BCUT2D eigenvalue weighted by Gasteiger charge is 2.30. The molecule has 1 aromatic rings. The number of carbonyl (C=O) groups is 1. The van der Waals surface area contributed by atoms with E-state index in [1.807, 2.05) is 35.7 Å². The molecule has 1 aliphatic heterocycles. The molecule has 1 saturated heterocycles. The smallest absolute Gasteiger partial charge is 0.257 e. The van der Waals surface area contributed by atoms with Gasteiger partial charge < -0.3 is 10.2 Å². The molecule has 1 amide bonds. The van der Waals surface area contributed by atoms with E-state index in [1.165, 1.54) is 0 Å². The lowest BCUT2D eigenvalue weighted by Gasteiger charge is -2.37. The molecule has 2 unspecified atom stereocenters. The molecule has 5 heteroatoms. The Kier molecular flexibility index (Phi) is 4.69. The third-order valence-corrected chi connectivity index (χ3v) is 4.87. The largest absolute Gasteiger partial charge is 0.370 e. The molecule has 2 atom stereocenters. The van der Waals surface area contributed by atoms with Gasteiger partial charge in [0.25, 0.3) is 5.91 Å². The quantitative estimate of drug-likeness (QED) is 0.923. The van der Waals surface area contributed by atoms with Crippen molar-refractivity contribution in [3.05, 3.63) is 23.9 Å². The van der Waals surface area contributed by atoms with Gasteiger partial charge >= 0.3 is 0 Å². The number of pyridine rings is 1. The second kappa shape index (κ2) is 6.28. The first kappa shape index (κ1) is 14.2. The minimum Gasteiger partial charge on any atom is -0.370 e. The molecule has 1 fully saturated rings. The maximum absolute atomic E-state index is 12.7. The van der Waals surface area contributed by atoms with Gasteiger partial charge in [-0.2, -0.15) is 11.8 Å². The van der Waals surface area contributed by atoms with E-state index in [0.717, 1.165) is 18.8 Å². The maximum Gasteiger partial charge on any atom is 0.257 e. The molecule has 4 nitrogen and oxygen atoms in total. The van der Waals surface area contributed by atoms with Gasteiger partial charge in [0.15, 0.2) is 0 Å². The first-order chi connectivity index (χ1) is 9.15. The van der Waals surface area contributed by atoms with Crippen molar-refractivity contribution in [2.75, 3.05) is 24.2 Å². The fraction of sp³-hybridized carbons (Fsp3) is 0.571. The van der Waals surface area contributed by atoms with E-state index in [0.29, 0.717) is 16.6 Å². The van der Waals surface area contributed by atoms with Gasteiger partial charge in [-0.25, -0.2) is 4.98 Å². The van der Waals surface area contributed by atoms with Gasteiger partial charge in [0, 0.05) is 36.3 Å². The number of anilines is 1. The lowest BCUT2D eigenvalue weighted by Crippen LogP contribution is -2.48. The van der Waals surface area contributed by atoms with Crippen LogP contribution < -0.4 is 5.32 Å². The number of aromatic nitrogens is 1. The van der Waals surface area contributed by atoms with Crippen molar-refractivity contribution in [2.24, 2.45) is 0 Å². The van der Waals surface area contributed by atoms with Crippen molar-refractivity contribution in [1.29, 1.82) is 0 Å². The van der Waals surface area contributed by atoms with Crippen LogP contribution in [0.25, 0.3) is 0 Å². The van der Waals surface area contributed by atoms with Crippen LogP contribution in [0.4, 0.5) is 5.82 Å². The summed E-state index contributed by atoms with van der Waals surface area (Å²) in [6, 6.07) is 3.94. The molecule has 0 aliphatic carbocycles. The molecule has 0 aromatic carbocycles. The van der Waals surface area contributed by atoms with Crippen LogP contribution in [0.1, 0.15) is 31.1 Å². The van der Waals surface area contributed by atoms with Crippen molar-refractivity contribution >= 4 is 23.5 Å². The van der Waals surface area contributed by atoms with E-state index >= 15 is 0 Å². The summed E-state index contributed by atoms with van der Waals surface area (Å²) in [7, 11) is 0. The highest BCUT2D eigenvalue weighted by molar-refractivity contribution is 8.00. The van der Waals surface area contributed by atoms with E-state index in [9.17, 15) is 4.79 Å². The zero-order valence-electron chi connectivity index (χ0n) is 11.7. The predicted octanol–water partition coefficient (Wildman–Crippen LogP) is 2.48. The van der Waals surface area contributed by atoms with E-state index in [4.69, 9.17) is 0 Å². The third kappa shape index (κ3) is 3.03. The van der Waals surface area contributed by atoms with Crippen LogP contribution in [0.2, 0.25) is 0 Å². The molecule has 0 saturated carbocycles. The van der Waals surface area contributed by atoms with Gasteiger partial charge in [-0.3, -0.25) is 4.79 Å². The van der Waals surface area contributed by atoms with Crippen LogP contribution in [-0.2, 0) is 0 Å². The first-order valence-corrected chi connectivity index (χ1v) is 7.81. The van der Waals surface area contributed by atoms with Gasteiger partial charge in [-0.15, -0.1) is 0 Å². The minimum absolute atomic E-state index is 0.0868. The summed E-state index contributed by atoms with van der Waals surface area (Å²) in [6.07, 6.45) is 1.72. The fourth-order valence-electron chi connectivity index (χ4n) is 2.26. The first-order valence-electron chi connectivity index (χ1n) is 6.76. The number of hydrogen-bond acceptors (Lipinski definition) is 4. The Bertz CT molecular complexity index is 452. The number of thioether (sulfide) groups is 1. The molecule has 2 rings (SSSR count). The molecule has 0 spiro atoms. The van der Waals surface area contributed by atoms with Crippen molar-refractivity contribution in [3.63, 3.8) is 0 Å². The van der Waals surface area contributed by atoms with Crippen molar-refractivity contribution < 1.29 is 4.79 Å². The lowest BCUT2D eigenvalue weighted by atomic mass is 10.1. The molecule has 2 heterocycles. The van der Waals surface area contributed by atoms with Crippen LogP contribution in [-0.4, -0.2) is 45.9 Å². The summed E-state index contributed by atoms with van der Waals surface area (Å²) in [5.74, 6) is 1.78. The summed E-state index contributed by atoms with van der Waals surface area (Å²) < 4.78 is 0. The average molecular weight is 279 g/mol. The fourth-order valence-corrected chi connectivity index (χ4v) is 3.36. The van der Waals surface area contributed by atoms with Crippen LogP contribution in [0.15, 0.2) is 18.3 Å². The van der Waals surface area contributed by atoms with Crippen LogP contribution in [0, 0.1) is 0 Å². The number of carbonyl (C=O) groups excluding carboxylic acids is 1. The highest BCUT2D eigenvalue weighted by atomic mass is 32.2. The SMILES string of the molecule is CCNc1ncccc1C(=O)N1CCSC(C)C1C. The number of amides is 1. The Balaban J connectivity index is 2.23. The molecule has 1 aromatic heterocycles. The number of nitrogens with one attached hydrogen (secondary N) is 1. The molecule has 0 radical (unpaired) electrons. The second-order valence-electron chi connectivity index (χ2n) is 4.74. The number of hydrogen-bond donors (Lipinski definition) is 1. The van der Waals surface area contributed by atoms with Crippen molar-refractivity contribution in [1.82, 2.24) is 9.88 Å². The van der Waals surface area contributed by atoms with E-state index in [2.05, 4.69) is 24.1 Å². The van der Waals surface area contributed by atoms with Gasteiger partial charge in [-0.1, -0.05) is 6.92 Å². The zero-order valence-corrected chi connectivity index (χ0v) is 12.5. The molecule has 0 bridgehead atoms. The Labute approximate surface area is 119 Å². The van der Waals surface area contributed by atoms with Gasteiger partial charge in [0.1, 0.15) is 5.82 Å². The monoisotopic (exact) mass is 279 g/mol. The molecular formula is C14H21N3OS. The maximum atomic E-state index is 12.7. The summed E-state index contributed by atoms with van der Waals surface area (Å²) in [4.78, 5) is 18.9. The number of rotatable bonds is 3. The predicted molar refractivity (Wildman–Crippen MR) is 80.8 cm³/mol. The Morgan fingerprint density at radius 2 is 2.37 bits per heavy atom. The molecule has 19 heavy (non-hydrogen) atoms. The average Bonchev–Trinajstić information content (AvgIpc) is 2.42. The summed E-state index contributed by atoms with van der Waals surface area (Å²) in [6.45, 7) is 7.89. The number of nitrogens with zero attached hydrogens (tertiary/aromatic N) is 2. The molecule has 104 valence electrons. The van der Waals surface area contributed by atoms with Gasteiger partial charge in [0.2, 0.25) is 0 Å². The highest BCUT2D eigenvalue weighted by Crippen LogP contribution is 2.26.